The van der Waals surface area contributed by atoms with E-state index >= 15 is 0 Å². The number of aliphatic hydroxyl groups excluding tert-OH is 1. The monoisotopic (exact) mass is 298 g/mol. The van der Waals surface area contributed by atoms with Gasteiger partial charge in [0.15, 0.2) is 0 Å². The number of aliphatic hydroxyl groups is 1. The maximum atomic E-state index is 12.4. The highest BCUT2D eigenvalue weighted by atomic mass is 32.2. The molecule has 1 saturated heterocycles. The van der Waals surface area contributed by atoms with Crippen molar-refractivity contribution in [1.29, 1.82) is 0 Å². The van der Waals surface area contributed by atoms with E-state index in [4.69, 9.17) is 0 Å². The van der Waals surface area contributed by atoms with E-state index in [9.17, 15) is 13.5 Å². The van der Waals surface area contributed by atoms with E-state index in [1.54, 1.807) is 31.2 Å². The number of hydrogen-bond acceptors (Lipinski definition) is 3. The van der Waals surface area contributed by atoms with Gasteiger partial charge < -0.3 is 5.11 Å². The van der Waals surface area contributed by atoms with Gasteiger partial charge in [0.05, 0.1) is 11.8 Å². The molecule has 0 aromatic heterocycles. The predicted molar refractivity (Wildman–Crippen MR) is 79.6 cm³/mol. The van der Waals surface area contributed by atoms with Gasteiger partial charge in [-0.2, -0.15) is 12.7 Å². The summed E-state index contributed by atoms with van der Waals surface area (Å²) in [6.07, 6.45) is 1.06. The molecule has 1 aromatic carbocycles. The maximum absolute atomic E-state index is 12.4. The van der Waals surface area contributed by atoms with Crippen LogP contribution in [0.15, 0.2) is 24.3 Å². The average Bonchev–Trinajstić information content (AvgIpc) is 2.39. The van der Waals surface area contributed by atoms with Crippen LogP contribution in [0.5, 0.6) is 0 Å². The SMILES string of the molecule is CC1CCN(S(=O)(=O)Nc2ccccc2C(C)O)CC1. The minimum atomic E-state index is -3.54. The summed E-state index contributed by atoms with van der Waals surface area (Å²) >= 11 is 0. The van der Waals surface area contributed by atoms with Crippen LogP contribution in [-0.4, -0.2) is 30.9 Å². The lowest BCUT2D eigenvalue weighted by Gasteiger charge is -2.30. The minimum absolute atomic E-state index is 0.445. The van der Waals surface area contributed by atoms with Crippen LogP contribution in [0, 0.1) is 5.92 Å². The Hall–Kier alpha value is -1.11. The second-order valence-electron chi connectivity index (χ2n) is 5.45. The van der Waals surface area contributed by atoms with Crippen molar-refractivity contribution in [2.24, 2.45) is 5.92 Å². The van der Waals surface area contributed by atoms with E-state index in [1.807, 2.05) is 0 Å². The van der Waals surface area contributed by atoms with Gasteiger partial charge in [-0.3, -0.25) is 4.72 Å². The van der Waals surface area contributed by atoms with Gasteiger partial charge in [-0.1, -0.05) is 25.1 Å². The standard InChI is InChI=1S/C14H22N2O3S/c1-11-7-9-16(10-8-11)20(18,19)15-14-6-4-3-5-13(14)12(2)17/h3-6,11-12,15,17H,7-10H2,1-2H3. The molecule has 0 radical (unpaired) electrons. The molecule has 1 aromatic rings. The van der Waals surface area contributed by atoms with E-state index in [0.29, 0.717) is 30.3 Å². The van der Waals surface area contributed by atoms with Gasteiger partial charge in [0.25, 0.3) is 0 Å². The topological polar surface area (TPSA) is 69.6 Å². The molecule has 1 atom stereocenters. The van der Waals surface area contributed by atoms with Crippen LogP contribution in [0.3, 0.4) is 0 Å². The number of nitrogens with one attached hydrogen (secondary N) is 1. The first-order valence-corrected chi connectivity index (χ1v) is 8.39. The van der Waals surface area contributed by atoms with Crippen molar-refractivity contribution in [1.82, 2.24) is 4.31 Å². The Balaban J connectivity index is 2.16. The van der Waals surface area contributed by atoms with Crippen molar-refractivity contribution in [2.75, 3.05) is 17.8 Å². The van der Waals surface area contributed by atoms with Gasteiger partial charge in [0.1, 0.15) is 0 Å². The molecule has 0 aliphatic carbocycles. The Labute approximate surface area is 120 Å². The third-order valence-electron chi connectivity index (χ3n) is 3.73. The van der Waals surface area contributed by atoms with Crippen LogP contribution in [0.4, 0.5) is 5.69 Å². The normalized spacial score (nSPS) is 19.8. The third kappa shape index (κ3) is 3.50. The first-order valence-electron chi connectivity index (χ1n) is 6.95. The van der Waals surface area contributed by atoms with Gasteiger partial charge in [0.2, 0.25) is 0 Å². The molecular formula is C14H22N2O3S. The van der Waals surface area contributed by atoms with Gasteiger partial charge in [-0.15, -0.1) is 0 Å². The number of benzene rings is 1. The zero-order valence-corrected chi connectivity index (χ0v) is 12.7. The first kappa shape index (κ1) is 15.3. The Morgan fingerprint density at radius 3 is 2.50 bits per heavy atom. The van der Waals surface area contributed by atoms with Crippen LogP contribution in [0.2, 0.25) is 0 Å². The lowest BCUT2D eigenvalue weighted by atomic mass is 10.0. The smallest absolute Gasteiger partial charge is 0.301 e. The number of hydrogen-bond donors (Lipinski definition) is 2. The van der Waals surface area contributed by atoms with Crippen molar-refractivity contribution >= 4 is 15.9 Å². The van der Waals surface area contributed by atoms with E-state index in [-0.39, 0.29) is 0 Å². The Morgan fingerprint density at radius 2 is 1.90 bits per heavy atom. The molecule has 1 fully saturated rings. The molecule has 1 aliphatic rings. The molecule has 6 heteroatoms. The van der Waals surface area contributed by atoms with E-state index in [0.717, 1.165) is 12.8 Å². The van der Waals surface area contributed by atoms with Crippen LogP contribution in [-0.2, 0) is 10.2 Å². The van der Waals surface area contributed by atoms with Gasteiger partial charge in [-0.25, -0.2) is 0 Å². The first-order chi connectivity index (χ1) is 9.40. The third-order valence-corrected chi connectivity index (χ3v) is 5.26. The predicted octanol–water partition coefficient (Wildman–Crippen LogP) is 2.13. The van der Waals surface area contributed by atoms with Crippen LogP contribution in [0.25, 0.3) is 0 Å². The lowest BCUT2D eigenvalue weighted by Crippen LogP contribution is -2.41. The summed E-state index contributed by atoms with van der Waals surface area (Å²) < 4.78 is 28.8. The van der Waals surface area contributed by atoms with Crippen molar-refractivity contribution in [2.45, 2.75) is 32.8 Å². The van der Waals surface area contributed by atoms with Crippen molar-refractivity contribution in [3.05, 3.63) is 29.8 Å². The lowest BCUT2D eigenvalue weighted by molar-refractivity contribution is 0.200. The molecule has 0 amide bonds. The minimum Gasteiger partial charge on any atom is -0.389 e. The second kappa shape index (κ2) is 6.11. The highest BCUT2D eigenvalue weighted by Gasteiger charge is 2.27. The van der Waals surface area contributed by atoms with E-state index < -0.39 is 16.3 Å². The Morgan fingerprint density at radius 1 is 1.30 bits per heavy atom. The number of piperidine rings is 1. The molecule has 0 bridgehead atoms. The van der Waals surface area contributed by atoms with Gasteiger partial charge >= 0.3 is 10.2 Å². The van der Waals surface area contributed by atoms with Gasteiger partial charge in [-0.05, 0) is 31.7 Å². The van der Waals surface area contributed by atoms with Crippen LogP contribution in [0.1, 0.15) is 38.4 Å². The number of rotatable bonds is 4. The molecule has 0 spiro atoms. The summed E-state index contributed by atoms with van der Waals surface area (Å²) in [4.78, 5) is 0. The highest BCUT2D eigenvalue weighted by Crippen LogP contribution is 2.25. The van der Waals surface area contributed by atoms with Crippen LogP contribution < -0.4 is 4.72 Å². The fourth-order valence-electron chi connectivity index (χ4n) is 2.38. The fourth-order valence-corrected chi connectivity index (χ4v) is 3.67. The van der Waals surface area contributed by atoms with Crippen molar-refractivity contribution in [3.63, 3.8) is 0 Å². The Kier molecular flexibility index (Phi) is 4.67. The summed E-state index contributed by atoms with van der Waals surface area (Å²) in [6.45, 7) is 4.86. The van der Waals surface area contributed by atoms with Gasteiger partial charge in [0, 0.05) is 18.7 Å². The molecular weight excluding hydrogens is 276 g/mol. The highest BCUT2D eigenvalue weighted by molar-refractivity contribution is 7.90. The maximum Gasteiger partial charge on any atom is 0.301 e. The van der Waals surface area contributed by atoms with Crippen molar-refractivity contribution < 1.29 is 13.5 Å². The summed E-state index contributed by atoms with van der Waals surface area (Å²) in [5.41, 5.74) is 1.03. The zero-order chi connectivity index (χ0) is 14.8. The molecule has 1 unspecified atom stereocenters. The van der Waals surface area contributed by atoms with E-state index in [1.165, 1.54) is 4.31 Å². The molecule has 112 valence electrons. The number of anilines is 1. The molecule has 5 nitrogen and oxygen atoms in total. The average molecular weight is 298 g/mol. The molecule has 20 heavy (non-hydrogen) atoms. The van der Waals surface area contributed by atoms with Crippen molar-refractivity contribution in [3.8, 4) is 0 Å². The molecule has 1 aliphatic heterocycles. The molecule has 1 heterocycles. The molecule has 2 N–H and O–H groups in total. The fraction of sp³-hybridized carbons (Fsp3) is 0.571. The molecule has 0 saturated carbocycles. The summed E-state index contributed by atoms with van der Waals surface area (Å²) in [6, 6.07) is 6.93. The zero-order valence-electron chi connectivity index (χ0n) is 11.9. The summed E-state index contributed by atoms with van der Waals surface area (Å²) in [7, 11) is -3.54. The summed E-state index contributed by atoms with van der Waals surface area (Å²) in [5, 5.41) is 9.70. The largest absolute Gasteiger partial charge is 0.389 e. The quantitative estimate of drug-likeness (QED) is 0.894. The van der Waals surface area contributed by atoms with E-state index in [2.05, 4.69) is 11.6 Å². The number of para-hydroxylation sites is 1. The van der Waals surface area contributed by atoms with Crippen LogP contribution >= 0.6 is 0 Å². The molecule has 2 rings (SSSR count). The second-order valence-corrected chi connectivity index (χ2v) is 7.12. The number of nitrogens with zero attached hydrogens (tertiary/aromatic N) is 1. The Bertz CT molecular complexity index is 549. The summed E-state index contributed by atoms with van der Waals surface area (Å²) in [5.74, 6) is 0.575.